The van der Waals surface area contributed by atoms with Crippen LogP contribution in [0.25, 0.3) is 0 Å². The number of nitrogens with zero attached hydrogens (tertiary/aromatic N) is 1. The van der Waals surface area contributed by atoms with Crippen molar-refractivity contribution < 1.29 is 23.0 Å². The van der Waals surface area contributed by atoms with Crippen LogP contribution in [0.5, 0.6) is 11.5 Å². The van der Waals surface area contributed by atoms with Gasteiger partial charge < -0.3 is 14.8 Å². The second-order valence-electron chi connectivity index (χ2n) is 6.67. The Morgan fingerprint density at radius 2 is 1.92 bits per heavy atom. The van der Waals surface area contributed by atoms with E-state index in [1.54, 1.807) is 30.0 Å². The quantitative estimate of drug-likeness (QED) is 0.909. The van der Waals surface area contributed by atoms with Crippen molar-refractivity contribution in [2.45, 2.75) is 25.4 Å². The number of ether oxygens (including phenoxy) is 2. The molecule has 1 saturated heterocycles. The van der Waals surface area contributed by atoms with Crippen LogP contribution in [0, 0.1) is 11.6 Å². The van der Waals surface area contributed by atoms with Crippen molar-refractivity contribution >= 4 is 11.6 Å². The summed E-state index contributed by atoms with van der Waals surface area (Å²) in [6, 6.07) is 8.94. The molecule has 1 N–H and O–H groups in total. The molecule has 0 radical (unpaired) electrons. The van der Waals surface area contributed by atoms with Crippen molar-refractivity contribution in [1.29, 1.82) is 0 Å². The third-order valence-corrected chi connectivity index (χ3v) is 5.10. The first kappa shape index (κ1) is 16.8. The van der Waals surface area contributed by atoms with Crippen molar-refractivity contribution in [3.63, 3.8) is 0 Å². The van der Waals surface area contributed by atoms with E-state index in [4.69, 9.17) is 9.47 Å². The van der Waals surface area contributed by atoms with E-state index in [9.17, 15) is 13.6 Å². The monoisotopic (exact) mass is 360 g/mol. The van der Waals surface area contributed by atoms with Gasteiger partial charge in [0, 0.05) is 30.4 Å². The maximum absolute atomic E-state index is 13.9. The predicted octanol–water partition coefficient (Wildman–Crippen LogP) is 3.30. The number of hydrogen-bond acceptors (Lipinski definition) is 4. The summed E-state index contributed by atoms with van der Waals surface area (Å²) in [5, 5.41) is 2.86. The smallest absolute Gasteiger partial charge is 0.244 e. The Balaban J connectivity index is 1.48. The molecule has 4 rings (SSSR count). The van der Waals surface area contributed by atoms with E-state index < -0.39 is 17.2 Å². The molecule has 1 atom stereocenters. The van der Waals surface area contributed by atoms with Crippen LogP contribution < -0.4 is 14.8 Å². The lowest BCUT2D eigenvalue weighted by Crippen LogP contribution is -2.63. The maximum Gasteiger partial charge on any atom is 0.244 e. The zero-order valence-corrected chi connectivity index (χ0v) is 14.2. The molecule has 5 nitrogen and oxygen atoms in total. The van der Waals surface area contributed by atoms with Crippen LogP contribution in [0.15, 0.2) is 36.4 Å². The van der Waals surface area contributed by atoms with E-state index in [2.05, 4.69) is 5.32 Å². The molecule has 7 heteroatoms. The largest absolute Gasteiger partial charge is 0.454 e. The molecule has 2 aromatic carbocycles. The van der Waals surface area contributed by atoms with Gasteiger partial charge in [-0.25, -0.2) is 8.78 Å². The number of anilines is 1. The molecular weight excluding hydrogens is 342 g/mol. The lowest BCUT2D eigenvalue weighted by Gasteiger charge is -2.49. The highest BCUT2D eigenvalue weighted by molar-refractivity contribution is 5.98. The number of halogens is 2. The van der Waals surface area contributed by atoms with Gasteiger partial charge >= 0.3 is 0 Å². The topological polar surface area (TPSA) is 50.8 Å². The number of fused-ring (bicyclic) bond motifs is 1. The van der Waals surface area contributed by atoms with Gasteiger partial charge in [0.25, 0.3) is 0 Å². The zero-order valence-electron chi connectivity index (χ0n) is 14.2. The fourth-order valence-corrected chi connectivity index (χ4v) is 3.23. The number of nitrogens with one attached hydrogen (secondary N) is 1. The third-order valence-electron chi connectivity index (χ3n) is 5.10. The average Bonchev–Trinajstić information content (AvgIpc) is 3.07. The van der Waals surface area contributed by atoms with Crippen molar-refractivity contribution in [1.82, 2.24) is 4.90 Å². The van der Waals surface area contributed by atoms with Crippen molar-refractivity contribution in [2.24, 2.45) is 0 Å². The Labute approximate surface area is 149 Å². The molecule has 0 saturated carbocycles. The Bertz CT molecular complexity index is 854. The predicted molar refractivity (Wildman–Crippen MR) is 91.0 cm³/mol. The van der Waals surface area contributed by atoms with Crippen LogP contribution >= 0.6 is 0 Å². The minimum atomic E-state index is -0.828. The van der Waals surface area contributed by atoms with Gasteiger partial charge in [0.15, 0.2) is 11.5 Å². The number of hydrogen-bond donors (Lipinski definition) is 1. The van der Waals surface area contributed by atoms with Crippen LogP contribution in [-0.2, 0) is 11.3 Å². The molecule has 0 spiro atoms. The Morgan fingerprint density at radius 1 is 1.19 bits per heavy atom. The van der Waals surface area contributed by atoms with Gasteiger partial charge in [0.05, 0.1) is 5.54 Å². The van der Waals surface area contributed by atoms with Crippen LogP contribution in [0.2, 0.25) is 0 Å². The van der Waals surface area contributed by atoms with E-state index in [1.165, 1.54) is 18.2 Å². The molecule has 2 aromatic rings. The standard InChI is InChI=1S/C19H18F2N2O3/c1-19(7-8-23(19)10-13-14(20)3-2-4-15(13)21)18(24)22-12-5-6-16-17(9-12)26-11-25-16/h2-6,9H,7-8,10-11H2,1H3,(H,22,24). The molecule has 136 valence electrons. The van der Waals surface area contributed by atoms with Gasteiger partial charge in [0.2, 0.25) is 12.7 Å². The van der Waals surface area contributed by atoms with Gasteiger partial charge in [-0.3, -0.25) is 9.69 Å². The normalized spacial score (nSPS) is 21.3. The van der Waals surface area contributed by atoms with Crippen LogP contribution in [0.4, 0.5) is 14.5 Å². The van der Waals surface area contributed by atoms with E-state index in [1.807, 2.05) is 0 Å². The maximum atomic E-state index is 13.9. The van der Waals surface area contributed by atoms with Crippen LogP contribution in [0.1, 0.15) is 18.9 Å². The third kappa shape index (κ3) is 2.78. The molecule has 26 heavy (non-hydrogen) atoms. The summed E-state index contributed by atoms with van der Waals surface area (Å²) in [6.07, 6.45) is 0.611. The SMILES string of the molecule is CC1(C(=O)Nc2ccc3c(c2)OCO3)CCN1Cc1c(F)cccc1F. The number of carbonyl (C=O) groups is 1. The second-order valence-corrected chi connectivity index (χ2v) is 6.67. The number of rotatable bonds is 4. The van der Waals surface area contributed by atoms with Gasteiger partial charge in [-0.15, -0.1) is 0 Å². The summed E-state index contributed by atoms with van der Waals surface area (Å²) in [4.78, 5) is 14.5. The van der Waals surface area contributed by atoms with Crippen LogP contribution in [0.3, 0.4) is 0 Å². The lowest BCUT2D eigenvalue weighted by molar-refractivity contribution is -0.136. The summed E-state index contributed by atoms with van der Waals surface area (Å²) in [7, 11) is 0. The van der Waals surface area contributed by atoms with E-state index in [0.29, 0.717) is 30.2 Å². The van der Waals surface area contributed by atoms with Crippen molar-refractivity contribution in [2.75, 3.05) is 18.7 Å². The van der Waals surface area contributed by atoms with Gasteiger partial charge in [-0.2, -0.15) is 0 Å². The van der Waals surface area contributed by atoms with Crippen molar-refractivity contribution in [3.8, 4) is 11.5 Å². The molecular formula is C19H18F2N2O3. The van der Waals surface area contributed by atoms with Gasteiger partial charge in [0.1, 0.15) is 11.6 Å². The number of carbonyl (C=O) groups excluding carboxylic acids is 1. The van der Waals surface area contributed by atoms with E-state index in [-0.39, 0.29) is 24.8 Å². The average molecular weight is 360 g/mol. The van der Waals surface area contributed by atoms with Crippen molar-refractivity contribution in [3.05, 3.63) is 53.6 Å². The summed E-state index contributed by atoms with van der Waals surface area (Å²) < 4.78 is 38.4. The Morgan fingerprint density at radius 3 is 2.62 bits per heavy atom. The highest BCUT2D eigenvalue weighted by atomic mass is 19.1. The highest BCUT2D eigenvalue weighted by Crippen LogP contribution is 2.37. The molecule has 0 bridgehead atoms. The molecule has 0 aromatic heterocycles. The van der Waals surface area contributed by atoms with Crippen LogP contribution in [-0.4, -0.2) is 29.7 Å². The fraction of sp³-hybridized carbons (Fsp3) is 0.316. The van der Waals surface area contributed by atoms with Gasteiger partial charge in [-0.05, 0) is 37.6 Å². The highest BCUT2D eigenvalue weighted by Gasteiger charge is 2.47. The summed E-state index contributed by atoms with van der Waals surface area (Å²) in [6.45, 7) is 2.58. The molecule has 2 heterocycles. The first-order valence-corrected chi connectivity index (χ1v) is 8.36. The lowest BCUT2D eigenvalue weighted by atomic mass is 9.85. The summed E-state index contributed by atoms with van der Waals surface area (Å²) in [5.74, 6) is -0.216. The fourth-order valence-electron chi connectivity index (χ4n) is 3.23. The molecule has 2 aliphatic rings. The first-order valence-electron chi connectivity index (χ1n) is 8.36. The van der Waals surface area contributed by atoms with Gasteiger partial charge in [-0.1, -0.05) is 6.07 Å². The molecule has 1 unspecified atom stereocenters. The van der Waals surface area contributed by atoms with E-state index >= 15 is 0 Å². The Kier molecular flexibility index (Phi) is 4.03. The Hall–Kier alpha value is -2.67. The molecule has 0 aliphatic carbocycles. The molecule has 1 fully saturated rings. The minimum Gasteiger partial charge on any atom is -0.454 e. The number of benzene rings is 2. The number of amides is 1. The number of likely N-dealkylation sites (tertiary alicyclic amines) is 1. The minimum absolute atomic E-state index is 0.0192. The van der Waals surface area contributed by atoms with E-state index in [0.717, 1.165) is 0 Å². The first-order chi connectivity index (χ1) is 12.5. The summed E-state index contributed by atoms with van der Waals surface area (Å²) in [5.41, 5.74) is -0.260. The zero-order chi connectivity index (χ0) is 18.3. The molecule has 2 aliphatic heterocycles. The molecule has 1 amide bonds. The summed E-state index contributed by atoms with van der Waals surface area (Å²) >= 11 is 0. The second kappa shape index (κ2) is 6.25.